The van der Waals surface area contributed by atoms with Crippen LogP contribution in [0, 0.1) is 0 Å². The second-order valence-corrected chi connectivity index (χ2v) is 9.00. The fourth-order valence-electron chi connectivity index (χ4n) is 3.71. The number of aryl methyl sites for hydroxylation is 1. The molecular formula is C22H21N5OS2. The largest absolute Gasteiger partial charge is 0.326 e. The number of benzene rings is 1. The molecule has 1 aliphatic rings. The molecule has 1 aromatic carbocycles. The van der Waals surface area contributed by atoms with Gasteiger partial charge >= 0.3 is 0 Å². The van der Waals surface area contributed by atoms with Crippen molar-refractivity contribution < 1.29 is 4.79 Å². The van der Waals surface area contributed by atoms with Gasteiger partial charge in [0.15, 0.2) is 5.82 Å². The van der Waals surface area contributed by atoms with Crippen molar-refractivity contribution in [3.63, 3.8) is 0 Å². The summed E-state index contributed by atoms with van der Waals surface area (Å²) in [6.07, 6.45) is 4.77. The minimum Gasteiger partial charge on any atom is -0.326 e. The van der Waals surface area contributed by atoms with E-state index in [1.165, 1.54) is 12.8 Å². The number of amides is 1. The molecule has 0 aliphatic carbocycles. The molecule has 8 heteroatoms. The number of aromatic nitrogens is 4. The first-order chi connectivity index (χ1) is 14.8. The van der Waals surface area contributed by atoms with Crippen LogP contribution >= 0.6 is 22.7 Å². The van der Waals surface area contributed by atoms with Crippen molar-refractivity contribution in [2.75, 3.05) is 5.32 Å². The number of carbonyl (C=O) groups is 1. The number of rotatable bonds is 5. The van der Waals surface area contributed by atoms with Crippen LogP contribution in [0.25, 0.3) is 22.0 Å². The normalized spacial score (nSPS) is 13.6. The van der Waals surface area contributed by atoms with Crippen LogP contribution in [0.4, 0.5) is 5.69 Å². The molecule has 6 nitrogen and oxygen atoms in total. The van der Waals surface area contributed by atoms with E-state index >= 15 is 0 Å². The van der Waals surface area contributed by atoms with Crippen LogP contribution in [0.15, 0.2) is 46.5 Å². The number of anilines is 1. The van der Waals surface area contributed by atoms with Gasteiger partial charge in [-0.3, -0.25) is 4.79 Å². The third-order valence-electron chi connectivity index (χ3n) is 5.18. The lowest BCUT2D eigenvalue weighted by Crippen LogP contribution is -2.14. The molecular weight excluding hydrogens is 414 g/mol. The molecule has 0 fully saturated rings. The maximum absolute atomic E-state index is 12.6. The second-order valence-electron chi connectivity index (χ2n) is 7.36. The standard InChI is InChI=1S/C22H21N5OS2/c28-20(12-18-14-30-22(24-18)16-8-10-29-13-16)23-17-6-4-5-15(11-17)21-26-25-19-7-2-1-3-9-27(19)21/h4-6,8,10-11,13-14H,1-3,7,9,12H2,(H,23,28). The second kappa shape index (κ2) is 8.49. The van der Waals surface area contributed by atoms with Crippen LogP contribution in [0.2, 0.25) is 0 Å². The molecule has 1 aliphatic heterocycles. The predicted octanol–water partition coefficient (Wildman–Crippen LogP) is 5.04. The average Bonchev–Trinajstić information content (AvgIpc) is 3.47. The van der Waals surface area contributed by atoms with Gasteiger partial charge in [0, 0.05) is 40.5 Å². The minimum absolute atomic E-state index is 0.0746. The molecule has 0 saturated carbocycles. The highest BCUT2D eigenvalue weighted by molar-refractivity contribution is 7.14. The third kappa shape index (κ3) is 4.06. The first kappa shape index (κ1) is 19.1. The van der Waals surface area contributed by atoms with E-state index in [4.69, 9.17) is 0 Å². The van der Waals surface area contributed by atoms with Gasteiger partial charge in [-0.25, -0.2) is 4.98 Å². The van der Waals surface area contributed by atoms with E-state index in [0.717, 1.165) is 58.6 Å². The Balaban J connectivity index is 1.29. The number of fused-ring (bicyclic) bond motifs is 1. The van der Waals surface area contributed by atoms with Crippen molar-refractivity contribution in [2.45, 2.75) is 38.6 Å². The van der Waals surface area contributed by atoms with E-state index in [0.29, 0.717) is 0 Å². The summed E-state index contributed by atoms with van der Waals surface area (Å²) in [5, 5.41) is 18.8. The Morgan fingerprint density at radius 1 is 1.10 bits per heavy atom. The molecule has 152 valence electrons. The number of hydrogen-bond acceptors (Lipinski definition) is 6. The minimum atomic E-state index is -0.0746. The maximum atomic E-state index is 12.6. The van der Waals surface area contributed by atoms with E-state index < -0.39 is 0 Å². The Labute approximate surface area is 182 Å². The highest BCUT2D eigenvalue weighted by Crippen LogP contribution is 2.27. The molecule has 0 spiro atoms. The quantitative estimate of drug-likeness (QED) is 0.477. The van der Waals surface area contributed by atoms with Gasteiger partial charge in [0.25, 0.3) is 0 Å². The monoisotopic (exact) mass is 435 g/mol. The summed E-state index contributed by atoms with van der Waals surface area (Å²) in [5.74, 6) is 1.86. The summed E-state index contributed by atoms with van der Waals surface area (Å²) in [7, 11) is 0. The van der Waals surface area contributed by atoms with Crippen molar-refractivity contribution >= 4 is 34.3 Å². The van der Waals surface area contributed by atoms with Gasteiger partial charge in [-0.05, 0) is 36.4 Å². The molecule has 4 heterocycles. The lowest BCUT2D eigenvalue weighted by molar-refractivity contribution is -0.115. The van der Waals surface area contributed by atoms with Crippen molar-refractivity contribution in [2.24, 2.45) is 0 Å². The molecule has 0 bridgehead atoms. The van der Waals surface area contributed by atoms with Crippen LogP contribution in [-0.2, 0) is 24.2 Å². The molecule has 0 saturated heterocycles. The average molecular weight is 436 g/mol. The summed E-state index contributed by atoms with van der Waals surface area (Å²) in [4.78, 5) is 17.2. The summed E-state index contributed by atoms with van der Waals surface area (Å²) in [5.41, 5.74) is 3.63. The first-order valence-electron chi connectivity index (χ1n) is 10.1. The maximum Gasteiger partial charge on any atom is 0.230 e. The molecule has 0 radical (unpaired) electrons. The Bertz CT molecular complexity index is 1160. The van der Waals surface area contributed by atoms with E-state index in [1.807, 2.05) is 41.1 Å². The smallest absolute Gasteiger partial charge is 0.230 e. The molecule has 1 N–H and O–H groups in total. The third-order valence-corrected chi connectivity index (χ3v) is 6.80. The van der Waals surface area contributed by atoms with E-state index in [-0.39, 0.29) is 12.3 Å². The first-order valence-corrected chi connectivity index (χ1v) is 11.9. The fraction of sp³-hybridized carbons (Fsp3) is 0.273. The van der Waals surface area contributed by atoms with Crippen LogP contribution in [-0.4, -0.2) is 25.7 Å². The van der Waals surface area contributed by atoms with Crippen molar-refractivity contribution in [1.29, 1.82) is 0 Å². The van der Waals surface area contributed by atoms with Gasteiger partial charge in [0.1, 0.15) is 10.8 Å². The summed E-state index contributed by atoms with van der Waals surface area (Å²) < 4.78 is 2.22. The Morgan fingerprint density at radius 2 is 2.07 bits per heavy atom. The van der Waals surface area contributed by atoms with E-state index in [2.05, 4.69) is 30.4 Å². The molecule has 30 heavy (non-hydrogen) atoms. The van der Waals surface area contributed by atoms with E-state index in [9.17, 15) is 4.79 Å². The fourth-order valence-corrected chi connectivity index (χ4v) is 5.24. The lowest BCUT2D eigenvalue weighted by Gasteiger charge is -2.09. The molecule has 1 amide bonds. The Morgan fingerprint density at radius 3 is 2.97 bits per heavy atom. The van der Waals surface area contributed by atoms with Crippen LogP contribution in [0.1, 0.15) is 30.8 Å². The number of carbonyl (C=O) groups excluding carboxylic acids is 1. The topological polar surface area (TPSA) is 72.7 Å². The zero-order chi connectivity index (χ0) is 20.3. The van der Waals surface area contributed by atoms with Gasteiger partial charge in [-0.15, -0.1) is 21.5 Å². The van der Waals surface area contributed by atoms with E-state index in [1.54, 1.807) is 22.7 Å². The van der Waals surface area contributed by atoms with Crippen molar-refractivity contribution in [1.82, 2.24) is 19.7 Å². The number of thiophene rings is 1. The Hall–Kier alpha value is -2.84. The summed E-state index contributed by atoms with van der Waals surface area (Å²) in [6.45, 7) is 0.949. The van der Waals surface area contributed by atoms with Crippen LogP contribution in [0.5, 0.6) is 0 Å². The molecule has 0 atom stereocenters. The predicted molar refractivity (Wildman–Crippen MR) is 121 cm³/mol. The highest BCUT2D eigenvalue weighted by atomic mass is 32.1. The van der Waals surface area contributed by atoms with Gasteiger partial charge in [0.2, 0.25) is 5.91 Å². The molecule has 4 aromatic rings. The number of nitrogens with one attached hydrogen (secondary N) is 1. The zero-order valence-electron chi connectivity index (χ0n) is 16.4. The van der Waals surface area contributed by atoms with Crippen molar-refractivity contribution in [3.05, 3.63) is 58.0 Å². The highest BCUT2D eigenvalue weighted by Gasteiger charge is 2.16. The van der Waals surface area contributed by atoms with Crippen LogP contribution < -0.4 is 5.32 Å². The number of hydrogen-bond donors (Lipinski definition) is 1. The van der Waals surface area contributed by atoms with Gasteiger partial charge in [-0.1, -0.05) is 18.6 Å². The van der Waals surface area contributed by atoms with Gasteiger partial charge in [-0.2, -0.15) is 11.3 Å². The zero-order valence-corrected chi connectivity index (χ0v) is 18.0. The number of nitrogens with zero attached hydrogens (tertiary/aromatic N) is 4. The SMILES string of the molecule is O=C(Cc1csc(-c2ccsc2)n1)Nc1cccc(-c2nnc3n2CCCCC3)c1. The summed E-state index contributed by atoms with van der Waals surface area (Å²) in [6, 6.07) is 9.88. The van der Waals surface area contributed by atoms with Crippen LogP contribution in [0.3, 0.4) is 0 Å². The van der Waals surface area contributed by atoms with Crippen molar-refractivity contribution in [3.8, 4) is 22.0 Å². The molecule has 0 unspecified atom stereocenters. The van der Waals surface area contributed by atoms with Gasteiger partial charge in [0.05, 0.1) is 12.1 Å². The summed E-state index contributed by atoms with van der Waals surface area (Å²) >= 11 is 3.21. The lowest BCUT2D eigenvalue weighted by atomic mass is 10.1. The Kier molecular flexibility index (Phi) is 5.42. The number of thiazole rings is 1. The molecule has 5 rings (SSSR count). The van der Waals surface area contributed by atoms with Gasteiger partial charge < -0.3 is 9.88 Å². The molecule has 3 aromatic heterocycles.